The minimum Gasteiger partial charge on any atom is -0.344 e. The highest BCUT2D eigenvalue weighted by atomic mass is 32.2. The Morgan fingerprint density at radius 2 is 1.92 bits per heavy atom. The zero-order chi connectivity index (χ0) is 10.5. The van der Waals surface area contributed by atoms with Crippen molar-refractivity contribution in [1.82, 2.24) is 5.48 Å². The molecule has 0 aromatic rings. The van der Waals surface area contributed by atoms with Gasteiger partial charge in [0.25, 0.3) is 16.1 Å². The third-order valence-electron chi connectivity index (χ3n) is 1.12. The van der Waals surface area contributed by atoms with E-state index < -0.39 is 28.3 Å². The predicted molar refractivity (Wildman–Crippen MR) is 42.6 cm³/mol. The maximum Gasteiger partial charge on any atom is 0.283 e. The standard InChI is InChI=1S/C5H13NO6S/c1-6-12-13(10,11)4-2-3-5(7,8)9/h6-9H,2-4H2,1H3. The van der Waals surface area contributed by atoms with Crippen LogP contribution in [0, 0.1) is 0 Å². The fraction of sp³-hybridized carbons (Fsp3) is 1.00. The van der Waals surface area contributed by atoms with Crippen molar-refractivity contribution in [1.29, 1.82) is 0 Å². The van der Waals surface area contributed by atoms with Gasteiger partial charge in [-0.1, -0.05) is 0 Å². The van der Waals surface area contributed by atoms with Crippen LogP contribution in [-0.2, 0) is 14.4 Å². The van der Waals surface area contributed by atoms with E-state index in [9.17, 15) is 8.42 Å². The molecule has 0 amide bonds. The van der Waals surface area contributed by atoms with Gasteiger partial charge < -0.3 is 15.3 Å². The lowest BCUT2D eigenvalue weighted by Crippen LogP contribution is -2.28. The summed E-state index contributed by atoms with van der Waals surface area (Å²) in [5.41, 5.74) is 1.98. The third-order valence-corrected chi connectivity index (χ3v) is 2.33. The zero-order valence-corrected chi connectivity index (χ0v) is 7.91. The Hall–Kier alpha value is -0.250. The Morgan fingerprint density at radius 1 is 1.38 bits per heavy atom. The number of aliphatic hydroxyl groups is 3. The van der Waals surface area contributed by atoms with Crippen molar-refractivity contribution in [3.8, 4) is 0 Å². The molecule has 0 aliphatic heterocycles. The van der Waals surface area contributed by atoms with Crippen molar-refractivity contribution in [2.45, 2.75) is 18.8 Å². The average molecular weight is 215 g/mol. The summed E-state index contributed by atoms with van der Waals surface area (Å²) in [6.45, 7) is 0. The third kappa shape index (κ3) is 8.09. The van der Waals surface area contributed by atoms with E-state index in [1.807, 2.05) is 5.48 Å². The van der Waals surface area contributed by atoms with E-state index in [1.54, 1.807) is 0 Å². The van der Waals surface area contributed by atoms with E-state index >= 15 is 0 Å². The van der Waals surface area contributed by atoms with Crippen LogP contribution in [0.4, 0.5) is 0 Å². The van der Waals surface area contributed by atoms with Gasteiger partial charge in [0.15, 0.2) is 0 Å². The summed E-state index contributed by atoms with van der Waals surface area (Å²) in [5.74, 6) is -3.23. The maximum atomic E-state index is 10.8. The molecule has 0 spiro atoms. The minimum absolute atomic E-state index is 0.118. The van der Waals surface area contributed by atoms with Crippen molar-refractivity contribution in [2.24, 2.45) is 0 Å². The SMILES string of the molecule is CNOS(=O)(=O)CCCC(O)(O)O. The molecule has 0 aromatic heterocycles. The van der Waals surface area contributed by atoms with Crippen molar-refractivity contribution >= 4 is 10.1 Å². The van der Waals surface area contributed by atoms with Crippen LogP contribution < -0.4 is 5.48 Å². The molecule has 0 heterocycles. The van der Waals surface area contributed by atoms with Crippen molar-refractivity contribution in [3.63, 3.8) is 0 Å². The second kappa shape index (κ2) is 4.84. The highest BCUT2D eigenvalue weighted by Crippen LogP contribution is 2.06. The Bertz CT molecular complexity index is 230. The molecule has 8 heteroatoms. The monoisotopic (exact) mass is 215 g/mol. The van der Waals surface area contributed by atoms with Gasteiger partial charge in [0.05, 0.1) is 5.75 Å². The first-order valence-electron chi connectivity index (χ1n) is 3.52. The van der Waals surface area contributed by atoms with Crippen LogP contribution >= 0.6 is 0 Å². The fourth-order valence-electron chi connectivity index (χ4n) is 0.655. The molecule has 0 bridgehead atoms. The Balaban J connectivity index is 3.77. The first kappa shape index (κ1) is 12.8. The van der Waals surface area contributed by atoms with Crippen molar-refractivity contribution in [2.75, 3.05) is 12.8 Å². The van der Waals surface area contributed by atoms with Gasteiger partial charge in [-0.3, -0.25) is 0 Å². The summed E-state index contributed by atoms with van der Waals surface area (Å²) in [4.78, 5) is 0. The smallest absolute Gasteiger partial charge is 0.283 e. The molecule has 0 saturated heterocycles. The fourth-order valence-corrected chi connectivity index (χ4v) is 1.49. The largest absolute Gasteiger partial charge is 0.344 e. The lowest BCUT2D eigenvalue weighted by atomic mass is 10.3. The number of nitrogens with one attached hydrogen (secondary N) is 1. The quantitative estimate of drug-likeness (QED) is 0.295. The van der Waals surface area contributed by atoms with Crippen LogP contribution in [0.3, 0.4) is 0 Å². The predicted octanol–water partition coefficient (Wildman–Crippen LogP) is -2.12. The number of hydrogen-bond donors (Lipinski definition) is 4. The van der Waals surface area contributed by atoms with E-state index in [0.717, 1.165) is 0 Å². The van der Waals surface area contributed by atoms with Gasteiger partial charge >= 0.3 is 0 Å². The van der Waals surface area contributed by atoms with E-state index in [-0.39, 0.29) is 6.42 Å². The summed E-state index contributed by atoms with van der Waals surface area (Å²) < 4.78 is 25.7. The van der Waals surface area contributed by atoms with Gasteiger partial charge in [-0.15, -0.1) is 0 Å². The molecule has 13 heavy (non-hydrogen) atoms. The van der Waals surface area contributed by atoms with E-state index in [2.05, 4.69) is 4.28 Å². The highest BCUT2D eigenvalue weighted by Gasteiger charge is 2.20. The molecular weight excluding hydrogens is 202 g/mol. The minimum atomic E-state index is -3.70. The summed E-state index contributed by atoms with van der Waals surface area (Å²) in [6, 6.07) is 0. The molecule has 0 saturated carbocycles. The van der Waals surface area contributed by atoms with E-state index in [0.29, 0.717) is 0 Å². The van der Waals surface area contributed by atoms with Crippen LogP contribution in [0.1, 0.15) is 12.8 Å². The number of rotatable bonds is 6. The zero-order valence-electron chi connectivity index (χ0n) is 7.10. The molecule has 0 aromatic carbocycles. The van der Waals surface area contributed by atoms with Gasteiger partial charge in [-0.2, -0.15) is 18.2 Å². The molecule has 7 nitrogen and oxygen atoms in total. The van der Waals surface area contributed by atoms with Crippen LogP contribution in [0.2, 0.25) is 0 Å². The summed E-state index contributed by atoms with van der Waals surface area (Å²) in [6.07, 6.45) is -0.577. The molecule has 80 valence electrons. The molecule has 4 N–H and O–H groups in total. The van der Waals surface area contributed by atoms with Crippen LogP contribution in [0.25, 0.3) is 0 Å². The van der Waals surface area contributed by atoms with Gasteiger partial charge in [-0.25, -0.2) is 0 Å². The normalized spacial score (nSPS) is 13.2. The molecule has 0 fully saturated rings. The second-order valence-corrected chi connectivity index (χ2v) is 4.12. The topological polar surface area (TPSA) is 116 Å². The first-order valence-corrected chi connectivity index (χ1v) is 5.09. The molecule has 0 unspecified atom stereocenters. The van der Waals surface area contributed by atoms with Crippen LogP contribution in [-0.4, -0.2) is 42.5 Å². The molecule has 0 aliphatic rings. The van der Waals surface area contributed by atoms with Gasteiger partial charge in [-0.05, 0) is 6.42 Å². The summed E-state index contributed by atoms with van der Waals surface area (Å²) in [5, 5.41) is 25.2. The lowest BCUT2D eigenvalue weighted by Gasteiger charge is -2.12. The first-order chi connectivity index (χ1) is 5.77. The lowest BCUT2D eigenvalue weighted by molar-refractivity contribution is -0.314. The van der Waals surface area contributed by atoms with Gasteiger partial charge in [0.2, 0.25) is 0 Å². The van der Waals surface area contributed by atoms with E-state index in [4.69, 9.17) is 15.3 Å². The summed E-state index contributed by atoms with van der Waals surface area (Å²) in [7, 11) is -2.41. The maximum absolute atomic E-state index is 10.8. The second-order valence-electron chi connectivity index (χ2n) is 2.43. The molecule has 0 atom stereocenters. The van der Waals surface area contributed by atoms with Crippen LogP contribution in [0.15, 0.2) is 0 Å². The Labute approximate surface area is 76.0 Å². The van der Waals surface area contributed by atoms with E-state index in [1.165, 1.54) is 7.05 Å². The molecule has 0 aliphatic carbocycles. The van der Waals surface area contributed by atoms with Gasteiger partial charge in [0, 0.05) is 13.5 Å². The number of hydrogen-bond acceptors (Lipinski definition) is 7. The van der Waals surface area contributed by atoms with Crippen LogP contribution in [0.5, 0.6) is 0 Å². The highest BCUT2D eigenvalue weighted by molar-refractivity contribution is 7.86. The molecular formula is C5H13NO6S. The van der Waals surface area contributed by atoms with Crippen molar-refractivity contribution in [3.05, 3.63) is 0 Å². The number of hydroxylamine groups is 1. The van der Waals surface area contributed by atoms with Crippen molar-refractivity contribution < 1.29 is 28.0 Å². The Kier molecular flexibility index (Phi) is 4.75. The summed E-state index contributed by atoms with van der Waals surface area (Å²) >= 11 is 0. The van der Waals surface area contributed by atoms with Gasteiger partial charge in [0.1, 0.15) is 0 Å². The Morgan fingerprint density at radius 3 is 2.31 bits per heavy atom. The average Bonchev–Trinajstić information content (AvgIpc) is 1.82. The molecule has 0 rings (SSSR count). The molecule has 0 radical (unpaired) electrons.